The Morgan fingerprint density at radius 2 is 2.33 bits per heavy atom. The molecular weight excluding hydrogens is 162 g/mol. The van der Waals surface area contributed by atoms with E-state index in [9.17, 15) is 9.59 Å². The molecule has 1 fully saturated rings. The van der Waals surface area contributed by atoms with Crippen molar-refractivity contribution in [3.8, 4) is 0 Å². The minimum absolute atomic E-state index is 0.0639. The van der Waals surface area contributed by atoms with Crippen LogP contribution in [0.3, 0.4) is 0 Å². The Morgan fingerprint density at radius 1 is 1.75 bits per heavy atom. The lowest BCUT2D eigenvalue weighted by Gasteiger charge is -2.06. The molecule has 0 saturated heterocycles. The van der Waals surface area contributed by atoms with E-state index in [2.05, 4.69) is 4.74 Å². The van der Waals surface area contributed by atoms with Crippen LogP contribution in [0.5, 0.6) is 0 Å². The molecule has 1 saturated carbocycles. The summed E-state index contributed by atoms with van der Waals surface area (Å²) in [5, 5.41) is 8.40. The zero-order valence-electron chi connectivity index (χ0n) is 6.74. The summed E-state index contributed by atoms with van der Waals surface area (Å²) >= 11 is 0. The molecule has 0 aromatic heterocycles. The van der Waals surface area contributed by atoms with Gasteiger partial charge in [-0.05, 0) is 6.42 Å². The lowest BCUT2D eigenvalue weighted by Crippen LogP contribution is -2.36. The number of carboxylic acid groups (broad SMARTS) is 1. The van der Waals surface area contributed by atoms with Gasteiger partial charge in [-0.25, -0.2) is 0 Å². The first-order chi connectivity index (χ1) is 5.50. The van der Waals surface area contributed by atoms with E-state index in [0.29, 0.717) is 6.42 Å². The van der Waals surface area contributed by atoms with E-state index in [1.807, 2.05) is 0 Å². The number of rotatable bonds is 3. The lowest BCUT2D eigenvalue weighted by molar-refractivity contribution is -0.144. The van der Waals surface area contributed by atoms with E-state index in [4.69, 9.17) is 10.8 Å². The second kappa shape index (κ2) is 2.75. The molecule has 5 heteroatoms. The summed E-state index contributed by atoms with van der Waals surface area (Å²) in [6.45, 7) is 0. The molecular formula is C7H11NO4. The molecule has 2 atom stereocenters. The van der Waals surface area contributed by atoms with Crippen LogP contribution in [0.15, 0.2) is 0 Å². The molecule has 68 valence electrons. The monoisotopic (exact) mass is 173 g/mol. The SMILES string of the molecule is COC(=O)[C@]1(N)C[C@@H]1CC(=O)O. The molecule has 12 heavy (non-hydrogen) atoms. The molecule has 0 spiro atoms. The maximum Gasteiger partial charge on any atom is 0.326 e. The average Bonchev–Trinajstić information content (AvgIpc) is 2.60. The molecule has 0 amide bonds. The predicted molar refractivity (Wildman–Crippen MR) is 39.3 cm³/mol. The van der Waals surface area contributed by atoms with Crippen LogP contribution in [0.1, 0.15) is 12.8 Å². The normalized spacial score (nSPS) is 32.7. The van der Waals surface area contributed by atoms with Crippen molar-refractivity contribution >= 4 is 11.9 Å². The highest BCUT2D eigenvalue weighted by Crippen LogP contribution is 2.44. The van der Waals surface area contributed by atoms with Crippen LogP contribution in [0, 0.1) is 5.92 Å². The number of nitrogens with two attached hydrogens (primary N) is 1. The molecule has 1 aliphatic rings. The standard InChI is InChI=1S/C7H11NO4/c1-12-6(11)7(8)3-4(7)2-5(9)10/h4H,2-3,8H2,1H3,(H,9,10)/t4-,7-/m0/s1. The number of ether oxygens (including phenoxy) is 1. The van der Waals surface area contributed by atoms with Gasteiger partial charge in [-0.1, -0.05) is 0 Å². The fourth-order valence-electron chi connectivity index (χ4n) is 1.25. The van der Waals surface area contributed by atoms with E-state index in [0.717, 1.165) is 0 Å². The Balaban J connectivity index is 2.48. The first-order valence-corrected chi connectivity index (χ1v) is 3.60. The van der Waals surface area contributed by atoms with E-state index < -0.39 is 17.5 Å². The summed E-state index contributed by atoms with van der Waals surface area (Å²) in [5.41, 5.74) is 4.52. The van der Waals surface area contributed by atoms with Crippen LogP contribution < -0.4 is 5.73 Å². The van der Waals surface area contributed by atoms with Crippen molar-refractivity contribution in [1.29, 1.82) is 0 Å². The zero-order valence-corrected chi connectivity index (χ0v) is 6.74. The van der Waals surface area contributed by atoms with E-state index in [1.165, 1.54) is 7.11 Å². The van der Waals surface area contributed by atoms with Crippen LogP contribution in [-0.2, 0) is 14.3 Å². The van der Waals surface area contributed by atoms with Gasteiger partial charge in [0, 0.05) is 5.92 Å². The van der Waals surface area contributed by atoms with Crippen molar-refractivity contribution in [1.82, 2.24) is 0 Å². The minimum Gasteiger partial charge on any atom is -0.481 e. The average molecular weight is 173 g/mol. The molecule has 1 aliphatic carbocycles. The Hall–Kier alpha value is -1.10. The number of carbonyl (C=O) groups is 2. The number of methoxy groups -OCH3 is 1. The van der Waals surface area contributed by atoms with Gasteiger partial charge in [0.05, 0.1) is 13.5 Å². The first kappa shape index (κ1) is 8.99. The summed E-state index contributed by atoms with van der Waals surface area (Å²) in [6, 6.07) is 0. The van der Waals surface area contributed by atoms with Crippen LogP contribution in [-0.4, -0.2) is 29.7 Å². The second-order valence-corrected chi connectivity index (χ2v) is 3.03. The third kappa shape index (κ3) is 1.40. The number of aliphatic carboxylic acids is 1. The van der Waals surface area contributed by atoms with Crippen molar-refractivity contribution in [3.63, 3.8) is 0 Å². The maximum atomic E-state index is 10.9. The summed E-state index contributed by atoms with van der Waals surface area (Å²) in [7, 11) is 1.24. The van der Waals surface area contributed by atoms with Gasteiger partial charge >= 0.3 is 11.9 Å². The molecule has 0 bridgehead atoms. The largest absolute Gasteiger partial charge is 0.481 e. The zero-order chi connectivity index (χ0) is 9.35. The second-order valence-electron chi connectivity index (χ2n) is 3.03. The molecule has 0 aromatic rings. The molecule has 0 aliphatic heterocycles. The predicted octanol–water partition coefficient (Wildman–Crippen LogP) is -0.648. The van der Waals surface area contributed by atoms with Crippen molar-refractivity contribution in [3.05, 3.63) is 0 Å². The number of hydrogen-bond donors (Lipinski definition) is 2. The van der Waals surface area contributed by atoms with Gasteiger partial charge in [-0.15, -0.1) is 0 Å². The van der Waals surface area contributed by atoms with E-state index in [-0.39, 0.29) is 12.3 Å². The number of carbonyl (C=O) groups excluding carboxylic acids is 1. The Kier molecular flexibility index (Phi) is 2.06. The molecule has 3 N–H and O–H groups in total. The van der Waals surface area contributed by atoms with Crippen LogP contribution in [0.2, 0.25) is 0 Å². The van der Waals surface area contributed by atoms with Crippen LogP contribution in [0.25, 0.3) is 0 Å². The van der Waals surface area contributed by atoms with Gasteiger partial charge in [-0.2, -0.15) is 0 Å². The fourth-order valence-corrected chi connectivity index (χ4v) is 1.25. The quantitative estimate of drug-likeness (QED) is 0.553. The van der Waals surface area contributed by atoms with Gasteiger partial charge in [0.25, 0.3) is 0 Å². The maximum absolute atomic E-state index is 10.9. The smallest absolute Gasteiger partial charge is 0.326 e. The van der Waals surface area contributed by atoms with Gasteiger partial charge in [0.15, 0.2) is 0 Å². The minimum atomic E-state index is -1.03. The van der Waals surface area contributed by atoms with E-state index >= 15 is 0 Å². The Labute approximate surface area is 69.5 Å². The van der Waals surface area contributed by atoms with E-state index in [1.54, 1.807) is 0 Å². The Bertz CT molecular complexity index is 227. The summed E-state index contributed by atoms with van der Waals surface area (Å²) in [5.74, 6) is -1.72. The molecule has 0 aromatic carbocycles. The van der Waals surface area contributed by atoms with Crippen molar-refractivity contribution < 1.29 is 19.4 Å². The molecule has 0 unspecified atom stereocenters. The first-order valence-electron chi connectivity index (χ1n) is 3.60. The molecule has 0 heterocycles. The highest BCUT2D eigenvalue weighted by molar-refractivity contribution is 5.86. The van der Waals surface area contributed by atoms with Gasteiger partial charge < -0.3 is 15.6 Å². The third-order valence-electron chi connectivity index (χ3n) is 2.14. The molecule has 1 rings (SSSR count). The number of hydrogen-bond acceptors (Lipinski definition) is 4. The summed E-state index contributed by atoms with van der Waals surface area (Å²) in [6.07, 6.45) is 0.345. The van der Waals surface area contributed by atoms with Gasteiger partial charge in [0.1, 0.15) is 5.54 Å². The third-order valence-corrected chi connectivity index (χ3v) is 2.14. The summed E-state index contributed by atoms with van der Waals surface area (Å²) < 4.78 is 4.43. The van der Waals surface area contributed by atoms with Crippen molar-refractivity contribution in [2.45, 2.75) is 18.4 Å². The highest BCUT2D eigenvalue weighted by atomic mass is 16.5. The number of carboxylic acids is 1. The van der Waals surface area contributed by atoms with Gasteiger partial charge in [-0.3, -0.25) is 9.59 Å². The van der Waals surface area contributed by atoms with Crippen LogP contribution in [0.4, 0.5) is 0 Å². The molecule has 0 radical (unpaired) electrons. The van der Waals surface area contributed by atoms with Gasteiger partial charge in [0.2, 0.25) is 0 Å². The fraction of sp³-hybridized carbons (Fsp3) is 0.714. The Morgan fingerprint density at radius 3 is 2.75 bits per heavy atom. The number of esters is 1. The van der Waals surface area contributed by atoms with Crippen molar-refractivity contribution in [2.75, 3.05) is 7.11 Å². The van der Waals surface area contributed by atoms with Crippen LogP contribution >= 0.6 is 0 Å². The summed E-state index contributed by atoms with van der Waals surface area (Å²) in [4.78, 5) is 21.2. The topological polar surface area (TPSA) is 89.6 Å². The molecule has 5 nitrogen and oxygen atoms in total. The van der Waals surface area contributed by atoms with Crippen molar-refractivity contribution in [2.24, 2.45) is 11.7 Å². The lowest BCUT2D eigenvalue weighted by atomic mass is 10.2. The highest BCUT2D eigenvalue weighted by Gasteiger charge is 2.58.